The first-order valence-electron chi connectivity index (χ1n) is 9.89. The van der Waals surface area contributed by atoms with Crippen LogP contribution in [-0.4, -0.2) is 47.0 Å². The van der Waals surface area contributed by atoms with Crippen molar-refractivity contribution in [2.24, 2.45) is 0 Å². The lowest BCUT2D eigenvalue weighted by Crippen LogP contribution is -2.35. The Kier molecular flexibility index (Phi) is 5.97. The minimum Gasteiger partial charge on any atom is -0.360 e. The van der Waals surface area contributed by atoms with Gasteiger partial charge < -0.3 is 9.42 Å². The minimum atomic E-state index is -0.00375. The van der Waals surface area contributed by atoms with E-state index in [0.29, 0.717) is 23.6 Å². The summed E-state index contributed by atoms with van der Waals surface area (Å²) in [4.78, 5) is 17.6. The molecule has 1 saturated heterocycles. The summed E-state index contributed by atoms with van der Waals surface area (Å²) in [5.74, 6) is 0.562. The molecule has 0 atom stereocenters. The SMILES string of the molecule is Cc1onc(-c2ccccc2)c1C(=O)N1CCCN(Cc2ccc(Cl)cc2)CC1. The van der Waals surface area contributed by atoms with Gasteiger partial charge in [0, 0.05) is 43.3 Å². The highest BCUT2D eigenvalue weighted by molar-refractivity contribution is 6.30. The van der Waals surface area contributed by atoms with Gasteiger partial charge in [-0.3, -0.25) is 9.69 Å². The van der Waals surface area contributed by atoms with Crippen LogP contribution in [0.1, 0.15) is 28.1 Å². The second-order valence-corrected chi connectivity index (χ2v) is 7.81. The van der Waals surface area contributed by atoms with E-state index in [0.717, 1.165) is 43.2 Å². The molecule has 4 rings (SSSR count). The van der Waals surface area contributed by atoms with Crippen molar-refractivity contribution < 1.29 is 9.32 Å². The zero-order valence-electron chi connectivity index (χ0n) is 16.5. The van der Waals surface area contributed by atoms with Gasteiger partial charge in [0.15, 0.2) is 0 Å². The zero-order valence-corrected chi connectivity index (χ0v) is 17.2. The number of carbonyl (C=O) groups is 1. The number of aryl methyl sites for hydroxylation is 1. The van der Waals surface area contributed by atoms with Gasteiger partial charge in [-0.15, -0.1) is 0 Å². The fraction of sp³-hybridized carbons (Fsp3) is 0.304. The van der Waals surface area contributed by atoms with Gasteiger partial charge in [-0.25, -0.2) is 0 Å². The predicted octanol–water partition coefficient (Wildman–Crippen LogP) is 4.65. The molecule has 0 bridgehead atoms. The van der Waals surface area contributed by atoms with Crippen LogP contribution >= 0.6 is 11.6 Å². The molecule has 2 heterocycles. The number of benzene rings is 2. The topological polar surface area (TPSA) is 49.6 Å². The molecule has 3 aromatic rings. The predicted molar refractivity (Wildman–Crippen MR) is 114 cm³/mol. The number of nitrogens with zero attached hydrogens (tertiary/aromatic N) is 3. The summed E-state index contributed by atoms with van der Waals surface area (Å²) in [7, 11) is 0. The third-order valence-corrected chi connectivity index (χ3v) is 5.57. The second-order valence-electron chi connectivity index (χ2n) is 7.38. The van der Waals surface area contributed by atoms with Crippen LogP contribution in [-0.2, 0) is 6.54 Å². The highest BCUT2D eigenvalue weighted by Crippen LogP contribution is 2.26. The maximum absolute atomic E-state index is 13.3. The van der Waals surface area contributed by atoms with Crippen LogP contribution in [0.15, 0.2) is 59.1 Å². The first-order chi connectivity index (χ1) is 14.1. The molecule has 6 heteroatoms. The Bertz CT molecular complexity index is 970. The molecule has 1 aliphatic rings. The quantitative estimate of drug-likeness (QED) is 0.629. The second kappa shape index (κ2) is 8.80. The molecule has 1 fully saturated rings. The van der Waals surface area contributed by atoms with E-state index in [1.807, 2.05) is 47.4 Å². The molecule has 0 N–H and O–H groups in total. The molecule has 150 valence electrons. The fourth-order valence-corrected chi connectivity index (χ4v) is 3.88. The van der Waals surface area contributed by atoms with E-state index in [1.165, 1.54) is 5.56 Å². The standard InChI is InChI=1S/C23H24ClN3O2/c1-17-21(22(25-29-17)19-6-3-2-4-7-19)23(28)27-13-5-12-26(14-15-27)16-18-8-10-20(24)11-9-18/h2-4,6-11H,5,12-16H2,1H3. The van der Waals surface area contributed by atoms with Gasteiger partial charge in [0.25, 0.3) is 5.91 Å². The Morgan fingerprint density at radius 3 is 2.55 bits per heavy atom. The fourth-order valence-electron chi connectivity index (χ4n) is 3.76. The Balaban J connectivity index is 1.47. The maximum atomic E-state index is 13.3. The number of aromatic nitrogens is 1. The molecule has 0 unspecified atom stereocenters. The number of carbonyl (C=O) groups excluding carboxylic acids is 1. The Morgan fingerprint density at radius 2 is 1.79 bits per heavy atom. The van der Waals surface area contributed by atoms with Crippen LogP contribution < -0.4 is 0 Å². The van der Waals surface area contributed by atoms with E-state index in [9.17, 15) is 4.79 Å². The van der Waals surface area contributed by atoms with Gasteiger partial charge in [0.05, 0.1) is 0 Å². The van der Waals surface area contributed by atoms with E-state index in [4.69, 9.17) is 16.1 Å². The van der Waals surface area contributed by atoms with Gasteiger partial charge in [-0.2, -0.15) is 0 Å². The van der Waals surface area contributed by atoms with Crippen LogP contribution in [0.3, 0.4) is 0 Å². The average molecular weight is 410 g/mol. The summed E-state index contributed by atoms with van der Waals surface area (Å²) in [5.41, 5.74) is 3.32. The molecule has 0 aliphatic carbocycles. The molecule has 0 saturated carbocycles. The number of amides is 1. The number of hydrogen-bond acceptors (Lipinski definition) is 4. The number of hydrogen-bond donors (Lipinski definition) is 0. The van der Waals surface area contributed by atoms with Crippen molar-refractivity contribution in [1.29, 1.82) is 0 Å². The smallest absolute Gasteiger partial charge is 0.259 e. The summed E-state index contributed by atoms with van der Waals surface area (Å²) in [6.45, 7) is 5.87. The lowest BCUT2D eigenvalue weighted by molar-refractivity contribution is 0.0760. The molecule has 0 radical (unpaired) electrons. The lowest BCUT2D eigenvalue weighted by Gasteiger charge is -2.22. The summed E-state index contributed by atoms with van der Waals surface area (Å²) in [6, 6.07) is 17.7. The molecule has 5 nitrogen and oxygen atoms in total. The van der Waals surface area contributed by atoms with E-state index in [2.05, 4.69) is 22.2 Å². The lowest BCUT2D eigenvalue weighted by atomic mass is 10.1. The van der Waals surface area contributed by atoms with E-state index in [-0.39, 0.29) is 5.91 Å². The Morgan fingerprint density at radius 1 is 1.03 bits per heavy atom. The van der Waals surface area contributed by atoms with Crippen molar-refractivity contribution in [1.82, 2.24) is 15.0 Å². The summed E-state index contributed by atoms with van der Waals surface area (Å²) >= 11 is 5.98. The van der Waals surface area contributed by atoms with Crippen LogP contribution in [0, 0.1) is 6.92 Å². The minimum absolute atomic E-state index is 0.00375. The first-order valence-corrected chi connectivity index (χ1v) is 10.3. The van der Waals surface area contributed by atoms with Gasteiger partial charge in [0.1, 0.15) is 17.0 Å². The van der Waals surface area contributed by atoms with Gasteiger partial charge in [-0.1, -0.05) is 59.2 Å². The van der Waals surface area contributed by atoms with E-state index >= 15 is 0 Å². The van der Waals surface area contributed by atoms with Crippen LogP contribution in [0.4, 0.5) is 0 Å². The maximum Gasteiger partial charge on any atom is 0.259 e. The molecule has 2 aromatic carbocycles. The third kappa shape index (κ3) is 4.52. The highest BCUT2D eigenvalue weighted by atomic mass is 35.5. The summed E-state index contributed by atoms with van der Waals surface area (Å²) in [5, 5.41) is 4.91. The monoisotopic (exact) mass is 409 g/mol. The van der Waals surface area contributed by atoms with Gasteiger partial charge in [0.2, 0.25) is 0 Å². The molecule has 1 amide bonds. The first kappa shape index (κ1) is 19.7. The van der Waals surface area contributed by atoms with Crippen molar-refractivity contribution in [3.63, 3.8) is 0 Å². The molecule has 1 aromatic heterocycles. The Hall–Kier alpha value is -2.63. The van der Waals surface area contributed by atoms with E-state index in [1.54, 1.807) is 6.92 Å². The van der Waals surface area contributed by atoms with Crippen molar-refractivity contribution in [2.75, 3.05) is 26.2 Å². The summed E-state index contributed by atoms with van der Waals surface area (Å²) < 4.78 is 5.38. The van der Waals surface area contributed by atoms with Crippen LogP contribution in [0.5, 0.6) is 0 Å². The Labute approximate surface area is 175 Å². The molecule has 0 spiro atoms. The molecular weight excluding hydrogens is 386 g/mol. The number of rotatable bonds is 4. The van der Waals surface area contributed by atoms with Gasteiger partial charge >= 0.3 is 0 Å². The third-order valence-electron chi connectivity index (χ3n) is 5.32. The average Bonchev–Trinajstić information content (AvgIpc) is 2.97. The molecule has 29 heavy (non-hydrogen) atoms. The largest absolute Gasteiger partial charge is 0.360 e. The normalized spacial score (nSPS) is 15.3. The zero-order chi connectivity index (χ0) is 20.2. The highest BCUT2D eigenvalue weighted by Gasteiger charge is 2.27. The van der Waals surface area contributed by atoms with Crippen molar-refractivity contribution >= 4 is 17.5 Å². The van der Waals surface area contributed by atoms with E-state index < -0.39 is 0 Å². The van der Waals surface area contributed by atoms with Gasteiger partial charge in [-0.05, 0) is 31.0 Å². The van der Waals surface area contributed by atoms with Crippen molar-refractivity contribution in [2.45, 2.75) is 19.9 Å². The molecule has 1 aliphatic heterocycles. The van der Waals surface area contributed by atoms with Crippen molar-refractivity contribution in [3.05, 3.63) is 76.5 Å². The molecular formula is C23H24ClN3O2. The van der Waals surface area contributed by atoms with Crippen LogP contribution in [0.25, 0.3) is 11.3 Å². The number of halogens is 1. The van der Waals surface area contributed by atoms with Crippen molar-refractivity contribution in [3.8, 4) is 11.3 Å². The summed E-state index contributed by atoms with van der Waals surface area (Å²) in [6.07, 6.45) is 0.935. The van der Waals surface area contributed by atoms with Crippen LogP contribution in [0.2, 0.25) is 5.02 Å².